The molecule has 4 heteroatoms. The summed E-state index contributed by atoms with van der Waals surface area (Å²) in [5.74, 6) is 4.81. The Hall–Kier alpha value is -0.190. The lowest BCUT2D eigenvalue weighted by Crippen LogP contribution is -2.31. The van der Waals surface area contributed by atoms with Gasteiger partial charge in [-0.1, -0.05) is 12.2 Å². The molecule has 36 valence electrons. The van der Waals surface area contributed by atoms with Crippen molar-refractivity contribution in [3.8, 4) is 0 Å². The van der Waals surface area contributed by atoms with E-state index in [-0.39, 0.29) is 0 Å². The van der Waals surface area contributed by atoms with Crippen LogP contribution < -0.4 is 17.0 Å². The first-order valence-electron chi connectivity index (χ1n) is 1.49. The fourth-order valence-electron chi connectivity index (χ4n) is 0.101. The van der Waals surface area contributed by atoms with Crippen molar-refractivity contribution >= 4 is 17.2 Å². The van der Waals surface area contributed by atoms with E-state index in [9.17, 15) is 0 Å². The minimum atomic E-state index is 0.387. The predicted molar refractivity (Wildman–Crippen MR) is 29.0 cm³/mol. The Morgan fingerprint density at radius 1 is 1.83 bits per heavy atom. The largest absolute Gasteiger partial charge is 0.392 e. The van der Waals surface area contributed by atoms with E-state index in [0.717, 1.165) is 0 Å². The van der Waals surface area contributed by atoms with Gasteiger partial charge in [0.2, 0.25) is 0 Å². The second-order valence-electron chi connectivity index (χ2n) is 0.847. The zero-order chi connectivity index (χ0) is 4.99. The number of thiocarbonyl (C=S) groups is 1. The summed E-state index contributed by atoms with van der Waals surface area (Å²) in [5.41, 5.74) is 7.29. The van der Waals surface area contributed by atoms with Gasteiger partial charge in [0.25, 0.3) is 0 Å². The van der Waals surface area contributed by atoms with E-state index < -0.39 is 0 Å². The first-order valence-corrected chi connectivity index (χ1v) is 1.90. The molecule has 0 aromatic rings. The van der Waals surface area contributed by atoms with Crippen molar-refractivity contribution in [3.05, 3.63) is 0 Å². The Morgan fingerprint density at radius 2 is 2.33 bits per heavy atom. The monoisotopic (exact) mass is 105 g/mol. The molecule has 0 aliphatic carbocycles. The number of nitrogens with two attached hydrogens (primary N) is 2. The van der Waals surface area contributed by atoms with Crippen LogP contribution >= 0.6 is 12.2 Å². The van der Waals surface area contributed by atoms with E-state index >= 15 is 0 Å². The van der Waals surface area contributed by atoms with Crippen LogP contribution in [-0.4, -0.2) is 11.5 Å². The fraction of sp³-hybridized carbons (Fsp3) is 0.500. The summed E-state index contributed by atoms with van der Waals surface area (Å²) in [6.45, 7) is 0.412. The molecule has 0 aromatic carbocycles. The predicted octanol–water partition coefficient (Wildman–Crippen LogP) is -1.26. The standard InChI is InChI=1S/C2H7N3S/c3-2(6)1-5-4/h5H,1,4H2,(H2,3,6). The van der Waals surface area contributed by atoms with Crippen LogP contribution in [0.3, 0.4) is 0 Å². The molecule has 0 heterocycles. The lowest BCUT2D eigenvalue weighted by atomic mass is 10.7. The Kier molecular flexibility index (Phi) is 2.92. The number of hydrogen-bond acceptors (Lipinski definition) is 3. The highest BCUT2D eigenvalue weighted by atomic mass is 32.1. The molecular formula is C2H7N3S. The zero-order valence-corrected chi connectivity index (χ0v) is 4.09. The van der Waals surface area contributed by atoms with Crippen LogP contribution in [0.1, 0.15) is 0 Å². The average molecular weight is 105 g/mol. The molecule has 0 aliphatic rings. The summed E-state index contributed by atoms with van der Waals surface area (Å²) < 4.78 is 0. The van der Waals surface area contributed by atoms with Crippen LogP contribution in [0.4, 0.5) is 0 Å². The molecule has 0 fully saturated rings. The van der Waals surface area contributed by atoms with E-state index in [4.69, 9.17) is 11.6 Å². The van der Waals surface area contributed by atoms with Crippen molar-refractivity contribution < 1.29 is 0 Å². The summed E-state index contributed by atoms with van der Waals surface area (Å²) in [6.07, 6.45) is 0. The fourth-order valence-corrected chi connectivity index (χ4v) is 0.184. The Balaban J connectivity index is 2.83. The second-order valence-corrected chi connectivity index (χ2v) is 1.37. The maximum atomic E-state index is 4.99. The average Bonchev–Trinajstić information content (AvgIpc) is 1.35. The van der Waals surface area contributed by atoms with Gasteiger partial charge in [-0.2, -0.15) is 0 Å². The molecule has 0 saturated heterocycles. The summed E-state index contributed by atoms with van der Waals surface area (Å²) in [5, 5.41) is 0. The normalized spacial score (nSPS) is 8.17. The maximum Gasteiger partial charge on any atom is 0.0881 e. The topological polar surface area (TPSA) is 64.1 Å². The summed E-state index contributed by atoms with van der Waals surface area (Å²) in [6, 6.07) is 0. The Labute approximate surface area is 41.7 Å². The van der Waals surface area contributed by atoms with Gasteiger partial charge in [0.05, 0.1) is 11.5 Å². The van der Waals surface area contributed by atoms with Gasteiger partial charge in [-0.3, -0.25) is 11.3 Å². The van der Waals surface area contributed by atoms with Crippen molar-refractivity contribution in [2.75, 3.05) is 6.54 Å². The van der Waals surface area contributed by atoms with E-state index in [1.165, 1.54) is 0 Å². The number of hydrazine groups is 1. The minimum absolute atomic E-state index is 0.387. The third-order valence-corrected chi connectivity index (χ3v) is 0.421. The van der Waals surface area contributed by atoms with E-state index in [2.05, 4.69) is 17.6 Å². The maximum absolute atomic E-state index is 4.99. The van der Waals surface area contributed by atoms with Crippen LogP contribution in [0.25, 0.3) is 0 Å². The second kappa shape index (κ2) is 3.02. The zero-order valence-electron chi connectivity index (χ0n) is 3.27. The van der Waals surface area contributed by atoms with Gasteiger partial charge in [-0.25, -0.2) is 0 Å². The minimum Gasteiger partial charge on any atom is -0.392 e. The van der Waals surface area contributed by atoms with Crippen molar-refractivity contribution in [1.82, 2.24) is 5.43 Å². The SMILES string of the molecule is NNCC(N)=S. The highest BCUT2D eigenvalue weighted by Gasteiger charge is 1.77. The lowest BCUT2D eigenvalue weighted by molar-refractivity contribution is 0.847. The van der Waals surface area contributed by atoms with Crippen molar-refractivity contribution in [1.29, 1.82) is 0 Å². The molecule has 0 bridgehead atoms. The number of rotatable bonds is 2. The molecule has 0 atom stereocenters. The van der Waals surface area contributed by atoms with Gasteiger partial charge >= 0.3 is 0 Å². The summed E-state index contributed by atoms with van der Waals surface area (Å²) in [7, 11) is 0. The van der Waals surface area contributed by atoms with Gasteiger partial charge in [-0.15, -0.1) is 0 Å². The first-order chi connectivity index (χ1) is 2.77. The number of hydrogen-bond donors (Lipinski definition) is 3. The van der Waals surface area contributed by atoms with Crippen LogP contribution in [0.5, 0.6) is 0 Å². The lowest BCUT2D eigenvalue weighted by Gasteiger charge is -1.89. The molecule has 0 unspecified atom stereocenters. The molecule has 0 saturated carbocycles. The molecule has 0 rings (SSSR count). The third-order valence-electron chi connectivity index (χ3n) is 0.276. The molecule has 6 heavy (non-hydrogen) atoms. The van der Waals surface area contributed by atoms with Gasteiger partial charge < -0.3 is 5.73 Å². The van der Waals surface area contributed by atoms with Crippen LogP contribution in [-0.2, 0) is 0 Å². The summed E-state index contributed by atoms with van der Waals surface area (Å²) >= 11 is 4.43. The quantitative estimate of drug-likeness (QED) is 0.233. The Morgan fingerprint density at radius 3 is 2.33 bits per heavy atom. The molecule has 0 spiro atoms. The van der Waals surface area contributed by atoms with Gasteiger partial charge in [-0.05, 0) is 0 Å². The third kappa shape index (κ3) is 3.81. The molecule has 0 aliphatic heterocycles. The van der Waals surface area contributed by atoms with Crippen LogP contribution in [0.15, 0.2) is 0 Å². The molecule has 3 nitrogen and oxygen atoms in total. The van der Waals surface area contributed by atoms with Gasteiger partial charge in [0.1, 0.15) is 0 Å². The van der Waals surface area contributed by atoms with E-state index in [1.807, 2.05) is 0 Å². The van der Waals surface area contributed by atoms with Crippen molar-refractivity contribution in [2.24, 2.45) is 11.6 Å². The summed E-state index contributed by atoms with van der Waals surface area (Å²) in [4.78, 5) is 0.387. The smallest absolute Gasteiger partial charge is 0.0881 e. The van der Waals surface area contributed by atoms with E-state index in [0.29, 0.717) is 11.5 Å². The molecule has 5 N–H and O–H groups in total. The van der Waals surface area contributed by atoms with Gasteiger partial charge in [0.15, 0.2) is 0 Å². The van der Waals surface area contributed by atoms with Crippen LogP contribution in [0, 0.1) is 0 Å². The molecular weight excluding hydrogens is 98.1 g/mol. The first kappa shape index (κ1) is 5.81. The van der Waals surface area contributed by atoms with E-state index in [1.54, 1.807) is 0 Å². The molecule has 0 amide bonds. The molecule has 0 aromatic heterocycles. The highest BCUT2D eigenvalue weighted by Crippen LogP contribution is 1.53. The van der Waals surface area contributed by atoms with Gasteiger partial charge in [0, 0.05) is 0 Å². The van der Waals surface area contributed by atoms with Crippen molar-refractivity contribution in [2.45, 2.75) is 0 Å². The van der Waals surface area contributed by atoms with Crippen molar-refractivity contribution in [3.63, 3.8) is 0 Å². The highest BCUT2D eigenvalue weighted by molar-refractivity contribution is 7.80. The number of nitrogens with one attached hydrogen (secondary N) is 1. The Bertz CT molecular complexity index is 52.8. The van der Waals surface area contributed by atoms with Crippen LogP contribution in [0.2, 0.25) is 0 Å². The molecule has 0 radical (unpaired) electrons.